The second-order valence-corrected chi connectivity index (χ2v) is 12.8. The number of rotatable bonds is 1. The summed E-state index contributed by atoms with van der Waals surface area (Å²) in [7, 11) is 0. The number of aromatic nitrogens is 1. The number of benzene rings is 2. The minimum Gasteiger partial charge on any atom is -0.351 e. The van der Waals surface area contributed by atoms with Crippen molar-refractivity contribution in [3.05, 3.63) is 83.6 Å². The second kappa shape index (κ2) is 10.1. The Labute approximate surface area is 230 Å². The summed E-state index contributed by atoms with van der Waals surface area (Å²) in [6, 6.07) is 21.2. The summed E-state index contributed by atoms with van der Waals surface area (Å²) in [6.07, 6.45) is 1.81. The van der Waals surface area contributed by atoms with Gasteiger partial charge in [-0.05, 0) is 87.0 Å². The number of nitrogens with zero attached hydrogens (tertiary/aromatic N) is 3. The van der Waals surface area contributed by atoms with Crippen LogP contribution < -0.4 is 14.5 Å². The number of amides is 2. The van der Waals surface area contributed by atoms with E-state index in [1.165, 1.54) is 11.9 Å². The highest BCUT2D eigenvalue weighted by Crippen LogP contribution is 2.40. The van der Waals surface area contributed by atoms with Crippen molar-refractivity contribution >= 4 is 35.3 Å². The summed E-state index contributed by atoms with van der Waals surface area (Å²) in [5, 5.41) is 0. The predicted octanol–water partition coefficient (Wildman–Crippen LogP) is 6.47. The molecule has 2 amide bonds. The van der Waals surface area contributed by atoms with E-state index >= 15 is 0 Å². The monoisotopic (exact) mass is 528 g/mol. The maximum atomic E-state index is 13.8. The van der Waals surface area contributed by atoms with Gasteiger partial charge in [-0.1, -0.05) is 45.0 Å². The van der Waals surface area contributed by atoms with Crippen molar-refractivity contribution in [1.29, 1.82) is 0 Å². The van der Waals surface area contributed by atoms with Crippen molar-refractivity contribution in [2.24, 2.45) is 5.92 Å². The third-order valence-corrected chi connectivity index (χ3v) is 8.30. The van der Waals surface area contributed by atoms with Gasteiger partial charge in [0.1, 0.15) is 5.82 Å². The SMILES string of the molecule is CC(C)(C)c1ccc2c(n1)N1CC(CCN(c3ccccc3)C(=O)c3cccc(c3)SNC2=O)CC1(C)C. The highest BCUT2D eigenvalue weighted by atomic mass is 32.2. The molecule has 0 saturated carbocycles. The zero-order chi connectivity index (χ0) is 27.1. The lowest BCUT2D eigenvalue weighted by atomic mass is 9.91. The molecule has 1 N–H and O–H groups in total. The molecule has 198 valence electrons. The number of hydrogen-bond acceptors (Lipinski definition) is 5. The van der Waals surface area contributed by atoms with Crippen molar-refractivity contribution < 1.29 is 9.59 Å². The van der Waals surface area contributed by atoms with Gasteiger partial charge in [-0.3, -0.25) is 14.3 Å². The molecule has 1 saturated heterocycles. The van der Waals surface area contributed by atoms with E-state index in [0.29, 0.717) is 23.6 Å². The number of anilines is 2. The Morgan fingerprint density at radius 2 is 1.76 bits per heavy atom. The topological polar surface area (TPSA) is 65.5 Å². The largest absolute Gasteiger partial charge is 0.351 e. The van der Waals surface area contributed by atoms with E-state index < -0.39 is 0 Å². The van der Waals surface area contributed by atoms with Crippen LogP contribution in [0.4, 0.5) is 11.5 Å². The lowest BCUT2D eigenvalue weighted by Crippen LogP contribution is -2.40. The highest BCUT2D eigenvalue weighted by Gasteiger charge is 2.41. The predicted molar refractivity (Wildman–Crippen MR) is 155 cm³/mol. The van der Waals surface area contributed by atoms with Crippen molar-refractivity contribution in [2.45, 2.75) is 63.3 Å². The van der Waals surface area contributed by atoms with Crippen LogP contribution in [-0.4, -0.2) is 35.4 Å². The van der Waals surface area contributed by atoms with Crippen molar-refractivity contribution in [1.82, 2.24) is 9.71 Å². The summed E-state index contributed by atoms with van der Waals surface area (Å²) in [5.74, 6) is 0.872. The molecule has 1 atom stereocenters. The quantitative estimate of drug-likeness (QED) is 0.367. The maximum Gasteiger partial charge on any atom is 0.265 e. The Kier molecular flexibility index (Phi) is 6.99. The lowest BCUT2D eigenvalue weighted by molar-refractivity contribution is 0.0977. The molecule has 2 aliphatic heterocycles. The van der Waals surface area contributed by atoms with E-state index in [0.717, 1.165) is 41.5 Å². The molecule has 5 rings (SSSR count). The first kappa shape index (κ1) is 26.3. The summed E-state index contributed by atoms with van der Waals surface area (Å²) in [4.78, 5) is 37.4. The zero-order valence-corrected chi connectivity index (χ0v) is 23.6. The average molecular weight is 529 g/mol. The summed E-state index contributed by atoms with van der Waals surface area (Å²) in [6.45, 7) is 12.3. The van der Waals surface area contributed by atoms with Gasteiger partial charge in [-0.25, -0.2) is 4.98 Å². The number of carbonyl (C=O) groups is 2. The molecule has 1 unspecified atom stereocenters. The van der Waals surface area contributed by atoms with Crippen molar-refractivity contribution in [2.75, 3.05) is 22.9 Å². The maximum absolute atomic E-state index is 13.8. The van der Waals surface area contributed by atoms with E-state index in [1.54, 1.807) is 0 Å². The van der Waals surface area contributed by atoms with E-state index in [1.807, 2.05) is 71.6 Å². The van der Waals surface area contributed by atoms with Gasteiger partial charge in [-0.15, -0.1) is 0 Å². The van der Waals surface area contributed by atoms with E-state index in [4.69, 9.17) is 4.98 Å². The molecule has 2 aromatic carbocycles. The number of pyridine rings is 1. The van der Waals surface area contributed by atoms with Gasteiger partial charge in [0, 0.05) is 45.9 Å². The van der Waals surface area contributed by atoms with Gasteiger partial charge >= 0.3 is 0 Å². The van der Waals surface area contributed by atoms with Crippen LogP contribution in [0.5, 0.6) is 0 Å². The Balaban J connectivity index is 1.59. The number of nitrogens with one attached hydrogen (secondary N) is 1. The Bertz CT molecular complexity index is 1350. The minimum absolute atomic E-state index is 0.0336. The van der Waals surface area contributed by atoms with Gasteiger partial charge in [0.05, 0.1) is 5.56 Å². The zero-order valence-electron chi connectivity index (χ0n) is 22.8. The molecule has 4 bridgehead atoms. The van der Waals surface area contributed by atoms with Crippen molar-refractivity contribution in [3.8, 4) is 0 Å². The van der Waals surface area contributed by atoms with Crippen LogP contribution in [0.2, 0.25) is 0 Å². The average Bonchev–Trinajstić information content (AvgIpc) is 3.20. The first-order valence-corrected chi connectivity index (χ1v) is 14.1. The first-order valence-electron chi connectivity index (χ1n) is 13.3. The second-order valence-electron chi connectivity index (χ2n) is 12.0. The van der Waals surface area contributed by atoms with Gasteiger partial charge in [0.2, 0.25) is 0 Å². The van der Waals surface area contributed by atoms with E-state index in [9.17, 15) is 9.59 Å². The van der Waals surface area contributed by atoms with E-state index in [-0.39, 0.29) is 22.8 Å². The Hall–Kier alpha value is -3.32. The number of carbonyl (C=O) groups excluding carboxylic acids is 2. The number of hydrogen-bond donors (Lipinski definition) is 1. The highest BCUT2D eigenvalue weighted by molar-refractivity contribution is 7.98. The first-order chi connectivity index (χ1) is 18.0. The molecular weight excluding hydrogens is 492 g/mol. The third-order valence-electron chi connectivity index (χ3n) is 7.52. The molecule has 0 radical (unpaired) electrons. The van der Waals surface area contributed by atoms with Gasteiger partial charge in [0.25, 0.3) is 11.8 Å². The Morgan fingerprint density at radius 1 is 1.00 bits per heavy atom. The molecule has 2 aliphatic rings. The molecule has 1 aromatic heterocycles. The van der Waals surface area contributed by atoms with Crippen LogP contribution in [0.1, 0.15) is 73.9 Å². The Morgan fingerprint density at radius 3 is 2.50 bits per heavy atom. The molecule has 3 aromatic rings. The summed E-state index contributed by atoms with van der Waals surface area (Å²) < 4.78 is 3.00. The molecule has 6 nitrogen and oxygen atoms in total. The molecule has 1 fully saturated rings. The van der Waals surface area contributed by atoms with Crippen LogP contribution >= 0.6 is 11.9 Å². The standard InChI is InChI=1S/C31H36N4O2S/c1-30(2,3)26-15-14-25-27(32-26)35-20-21(19-31(35,4)5)16-17-34(23-11-7-6-8-12-23)29(37)22-10-9-13-24(18-22)38-33-28(25)36/h6-15,18,21H,16-17,19-20H2,1-5H3,(H,33,36). The fraction of sp³-hybridized carbons (Fsp3) is 0.387. The number of fused-ring (bicyclic) bond motifs is 6. The summed E-state index contributed by atoms with van der Waals surface area (Å²) >= 11 is 1.22. The number of para-hydroxylation sites is 1. The summed E-state index contributed by atoms with van der Waals surface area (Å²) in [5.41, 5.74) is 2.71. The van der Waals surface area contributed by atoms with Crippen LogP contribution in [0.3, 0.4) is 0 Å². The minimum atomic E-state index is -0.185. The van der Waals surface area contributed by atoms with Crippen LogP contribution in [0.25, 0.3) is 0 Å². The third kappa shape index (κ3) is 5.30. The molecule has 0 aliphatic carbocycles. The molecule has 38 heavy (non-hydrogen) atoms. The fourth-order valence-electron chi connectivity index (χ4n) is 5.48. The smallest absolute Gasteiger partial charge is 0.265 e. The molecular formula is C31H36N4O2S. The van der Waals surface area contributed by atoms with Gasteiger partial charge < -0.3 is 9.80 Å². The normalized spacial score (nSPS) is 19.9. The fourth-order valence-corrected chi connectivity index (χ4v) is 6.13. The van der Waals surface area contributed by atoms with Crippen LogP contribution in [0.15, 0.2) is 71.6 Å². The van der Waals surface area contributed by atoms with Gasteiger partial charge in [-0.2, -0.15) is 0 Å². The van der Waals surface area contributed by atoms with Gasteiger partial charge in [0.15, 0.2) is 0 Å². The van der Waals surface area contributed by atoms with Crippen LogP contribution in [0, 0.1) is 5.92 Å². The van der Waals surface area contributed by atoms with E-state index in [2.05, 4.69) is 44.2 Å². The lowest BCUT2D eigenvalue weighted by Gasteiger charge is -2.34. The molecule has 3 heterocycles. The molecule has 0 spiro atoms. The van der Waals surface area contributed by atoms with Crippen LogP contribution in [-0.2, 0) is 5.41 Å². The van der Waals surface area contributed by atoms with Crippen molar-refractivity contribution in [3.63, 3.8) is 0 Å². The molecule has 7 heteroatoms.